The van der Waals surface area contributed by atoms with E-state index in [1.807, 2.05) is 37.3 Å². The SMILES string of the molecule is COC(=O)C(=O)c1cccn1[C@H](C)c1ccccc1. The van der Waals surface area contributed by atoms with Gasteiger partial charge in [0.2, 0.25) is 0 Å². The highest BCUT2D eigenvalue weighted by molar-refractivity contribution is 6.40. The Bertz CT molecular complexity index is 586. The summed E-state index contributed by atoms with van der Waals surface area (Å²) in [6.45, 7) is 1.98. The quantitative estimate of drug-likeness (QED) is 0.480. The van der Waals surface area contributed by atoms with Crippen LogP contribution < -0.4 is 0 Å². The van der Waals surface area contributed by atoms with Crippen molar-refractivity contribution in [1.29, 1.82) is 0 Å². The summed E-state index contributed by atoms with van der Waals surface area (Å²) >= 11 is 0. The fourth-order valence-electron chi connectivity index (χ4n) is 2.01. The van der Waals surface area contributed by atoms with Crippen LogP contribution in [0.15, 0.2) is 48.7 Å². The van der Waals surface area contributed by atoms with E-state index < -0.39 is 11.8 Å². The van der Waals surface area contributed by atoms with Crippen LogP contribution in [0.1, 0.15) is 29.0 Å². The second kappa shape index (κ2) is 5.52. The van der Waals surface area contributed by atoms with Crippen molar-refractivity contribution in [2.24, 2.45) is 0 Å². The molecule has 0 aliphatic heterocycles. The van der Waals surface area contributed by atoms with Crippen molar-refractivity contribution in [3.63, 3.8) is 0 Å². The van der Waals surface area contributed by atoms with Crippen LogP contribution in [-0.4, -0.2) is 23.4 Å². The van der Waals surface area contributed by atoms with Gasteiger partial charge in [-0.3, -0.25) is 4.79 Å². The van der Waals surface area contributed by atoms with Crippen LogP contribution in [0.5, 0.6) is 0 Å². The van der Waals surface area contributed by atoms with Gasteiger partial charge in [-0.1, -0.05) is 30.3 Å². The van der Waals surface area contributed by atoms with Gasteiger partial charge in [-0.15, -0.1) is 0 Å². The average Bonchev–Trinajstić information content (AvgIpc) is 2.95. The number of hydrogen-bond donors (Lipinski definition) is 0. The van der Waals surface area contributed by atoms with Gasteiger partial charge in [0.15, 0.2) is 0 Å². The van der Waals surface area contributed by atoms with Gasteiger partial charge in [0.05, 0.1) is 18.8 Å². The molecule has 0 saturated carbocycles. The third-order valence-electron chi connectivity index (χ3n) is 3.08. The molecule has 0 spiro atoms. The lowest BCUT2D eigenvalue weighted by Gasteiger charge is -2.16. The maximum atomic E-state index is 11.9. The molecule has 19 heavy (non-hydrogen) atoms. The summed E-state index contributed by atoms with van der Waals surface area (Å²) in [5.41, 5.74) is 1.40. The number of benzene rings is 1. The number of ketones is 1. The zero-order valence-corrected chi connectivity index (χ0v) is 10.9. The molecule has 0 N–H and O–H groups in total. The van der Waals surface area contributed by atoms with Gasteiger partial charge in [-0.05, 0) is 24.6 Å². The summed E-state index contributed by atoms with van der Waals surface area (Å²) in [5.74, 6) is -1.48. The smallest absolute Gasteiger partial charge is 0.381 e. The molecule has 0 aliphatic carbocycles. The first-order chi connectivity index (χ1) is 9.15. The molecule has 0 saturated heterocycles. The highest BCUT2D eigenvalue weighted by atomic mass is 16.5. The number of esters is 1. The lowest BCUT2D eigenvalue weighted by atomic mass is 10.1. The third kappa shape index (κ3) is 2.57. The molecule has 1 atom stereocenters. The Balaban J connectivity index is 2.35. The topological polar surface area (TPSA) is 48.3 Å². The number of methoxy groups -OCH3 is 1. The fraction of sp³-hybridized carbons (Fsp3) is 0.200. The van der Waals surface area contributed by atoms with Crippen LogP contribution in [0.25, 0.3) is 0 Å². The molecular formula is C15H15NO3. The number of rotatable bonds is 4. The molecular weight excluding hydrogens is 242 g/mol. The maximum absolute atomic E-state index is 11.9. The number of hydrogen-bond acceptors (Lipinski definition) is 3. The Morgan fingerprint density at radius 3 is 2.42 bits per heavy atom. The van der Waals surface area contributed by atoms with E-state index >= 15 is 0 Å². The number of carbonyl (C=O) groups excluding carboxylic acids is 2. The number of ether oxygens (including phenoxy) is 1. The summed E-state index contributed by atoms with van der Waals surface area (Å²) < 4.78 is 6.25. The Morgan fingerprint density at radius 1 is 1.11 bits per heavy atom. The highest BCUT2D eigenvalue weighted by Crippen LogP contribution is 2.20. The van der Waals surface area contributed by atoms with Crippen molar-refractivity contribution in [2.45, 2.75) is 13.0 Å². The van der Waals surface area contributed by atoms with Crippen molar-refractivity contribution in [1.82, 2.24) is 4.57 Å². The minimum Gasteiger partial charge on any atom is -0.463 e. The number of carbonyl (C=O) groups is 2. The normalized spacial score (nSPS) is 11.9. The van der Waals surface area contributed by atoms with Crippen LogP contribution >= 0.6 is 0 Å². The van der Waals surface area contributed by atoms with Gasteiger partial charge in [0.25, 0.3) is 5.78 Å². The van der Waals surface area contributed by atoms with Crippen LogP contribution in [0.2, 0.25) is 0 Å². The lowest BCUT2D eigenvalue weighted by Crippen LogP contribution is -2.21. The van der Waals surface area contributed by atoms with Crippen LogP contribution in [0.3, 0.4) is 0 Å². The molecule has 1 aromatic heterocycles. The predicted molar refractivity (Wildman–Crippen MR) is 71.0 cm³/mol. The molecule has 0 unspecified atom stereocenters. The Labute approximate surface area is 111 Å². The largest absolute Gasteiger partial charge is 0.463 e. The van der Waals surface area contributed by atoms with Gasteiger partial charge in [-0.25, -0.2) is 4.79 Å². The summed E-state index contributed by atoms with van der Waals surface area (Å²) in [6.07, 6.45) is 1.79. The van der Waals surface area contributed by atoms with E-state index in [1.165, 1.54) is 7.11 Å². The van der Waals surface area contributed by atoms with E-state index in [2.05, 4.69) is 4.74 Å². The Kier molecular flexibility index (Phi) is 3.80. The van der Waals surface area contributed by atoms with Crippen molar-refractivity contribution >= 4 is 11.8 Å². The summed E-state index contributed by atoms with van der Waals surface area (Å²) in [4.78, 5) is 23.2. The maximum Gasteiger partial charge on any atom is 0.381 e. The molecule has 0 amide bonds. The predicted octanol–water partition coefficient (Wildman–Crippen LogP) is 2.45. The van der Waals surface area contributed by atoms with E-state index in [0.29, 0.717) is 5.69 Å². The first-order valence-electron chi connectivity index (χ1n) is 5.99. The lowest BCUT2D eigenvalue weighted by molar-refractivity contribution is -0.135. The minimum atomic E-state index is -0.847. The molecule has 98 valence electrons. The van der Waals surface area contributed by atoms with Crippen LogP contribution in [0.4, 0.5) is 0 Å². The van der Waals surface area contributed by atoms with Crippen molar-refractivity contribution in [3.05, 3.63) is 59.9 Å². The van der Waals surface area contributed by atoms with E-state index in [0.717, 1.165) is 5.56 Å². The van der Waals surface area contributed by atoms with Gasteiger partial charge in [0.1, 0.15) is 0 Å². The summed E-state index contributed by atoms with van der Waals surface area (Å²) in [5, 5.41) is 0. The monoisotopic (exact) mass is 257 g/mol. The van der Waals surface area contributed by atoms with Gasteiger partial charge in [-0.2, -0.15) is 0 Å². The van der Waals surface area contributed by atoms with E-state index in [1.54, 1.807) is 22.9 Å². The molecule has 0 bridgehead atoms. The average molecular weight is 257 g/mol. The Hall–Kier alpha value is -2.36. The number of Topliss-reactive ketones (excluding diaryl/α,β-unsaturated/α-hetero) is 1. The summed E-state index contributed by atoms with van der Waals surface area (Å²) in [6, 6.07) is 13.1. The fourth-order valence-corrected chi connectivity index (χ4v) is 2.01. The second-order valence-electron chi connectivity index (χ2n) is 4.21. The standard InChI is InChI=1S/C15H15NO3/c1-11(12-7-4-3-5-8-12)16-10-6-9-13(16)14(17)15(18)19-2/h3-11H,1-2H3/t11-/m1/s1. The van der Waals surface area contributed by atoms with E-state index in [-0.39, 0.29) is 6.04 Å². The molecule has 1 heterocycles. The molecule has 0 radical (unpaired) electrons. The van der Waals surface area contributed by atoms with Crippen molar-refractivity contribution < 1.29 is 14.3 Å². The molecule has 1 aromatic carbocycles. The number of nitrogens with zero attached hydrogens (tertiary/aromatic N) is 1. The van der Waals surface area contributed by atoms with Gasteiger partial charge >= 0.3 is 5.97 Å². The molecule has 4 nitrogen and oxygen atoms in total. The molecule has 2 aromatic rings. The minimum absolute atomic E-state index is 0.0280. The van der Waals surface area contributed by atoms with Crippen LogP contribution in [0, 0.1) is 0 Å². The first kappa shape index (κ1) is 13.1. The summed E-state index contributed by atoms with van der Waals surface area (Å²) in [7, 11) is 1.20. The van der Waals surface area contributed by atoms with E-state index in [9.17, 15) is 9.59 Å². The number of aromatic nitrogens is 1. The van der Waals surface area contributed by atoms with Gasteiger partial charge < -0.3 is 9.30 Å². The second-order valence-corrected chi connectivity index (χ2v) is 4.21. The Morgan fingerprint density at radius 2 is 1.79 bits per heavy atom. The molecule has 0 fully saturated rings. The molecule has 4 heteroatoms. The molecule has 0 aliphatic rings. The molecule has 2 rings (SSSR count). The zero-order chi connectivity index (χ0) is 13.8. The first-order valence-corrected chi connectivity index (χ1v) is 5.99. The van der Waals surface area contributed by atoms with E-state index in [4.69, 9.17) is 0 Å². The van der Waals surface area contributed by atoms with Crippen LogP contribution in [-0.2, 0) is 9.53 Å². The highest BCUT2D eigenvalue weighted by Gasteiger charge is 2.22. The zero-order valence-electron chi connectivity index (χ0n) is 10.9. The van der Waals surface area contributed by atoms with Crippen molar-refractivity contribution in [2.75, 3.05) is 7.11 Å². The van der Waals surface area contributed by atoms with Gasteiger partial charge in [0, 0.05) is 6.20 Å². The third-order valence-corrected chi connectivity index (χ3v) is 3.08. The van der Waals surface area contributed by atoms with Crippen molar-refractivity contribution in [3.8, 4) is 0 Å².